The molecule has 3 rings (SSSR count). The number of nitrogens with one attached hydrogen (secondary N) is 1. The molecule has 0 atom stereocenters. The topological polar surface area (TPSA) is 21.3 Å². The first-order valence-corrected chi connectivity index (χ1v) is 8.31. The third kappa shape index (κ3) is 4.13. The molecule has 1 saturated carbocycles. The second-order valence-corrected chi connectivity index (χ2v) is 6.77. The van der Waals surface area contributed by atoms with Crippen molar-refractivity contribution in [1.82, 2.24) is 5.32 Å². The zero-order valence-corrected chi connectivity index (χ0v) is 14.3. The van der Waals surface area contributed by atoms with Gasteiger partial charge < -0.3 is 10.1 Å². The fourth-order valence-corrected chi connectivity index (χ4v) is 2.77. The van der Waals surface area contributed by atoms with Crippen LogP contribution in [0.5, 0.6) is 11.5 Å². The molecule has 0 aliphatic heterocycles. The zero-order valence-electron chi connectivity index (χ0n) is 11.2. The van der Waals surface area contributed by atoms with Gasteiger partial charge in [-0.1, -0.05) is 35.3 Å². The Labute approximate surface area is 142 Å². The number of ether oxygens (including phenoxy) is 1. The summed E-state index contributed by atoms with van der Waals surface area (Å²) in [4.78, 5) is 0. The van der Waals surface area contributed by atoms with Crippen molar-refractivity contribution in [3.05, 3.63) is 56.5 Å². The molecule has 2 nitrogen and oxygen atoms in total. The maximum absolute atomic E-state index is 6.15. The molecule has 0 unspecified atom stereocenters. The third-order valence-electron chi connectivity index (χ3n) is 3.30. The number of benzene rings is 2. The van der Waals surface area contributed by atoms with E-state index in [1.807, 2.05) is 12.1 Å². The summed E-state index contributed by atoms with van der Waals surface area (Å²) in [5, 5.41) is 4.57. The first-order valence-electron chi connectivity index (χ1n) is 6.76. The Morgan fingerprint density at radius 2 is 1.81 bits per heavy atom. The fraction of sp³-hybridized carbons (Fsp3) is 0.250. The largest absolute Gasteiger partial charge is 0.456 e. The highest BCUT2D eigenvalue weighted by Crippen LogP contribution is 2.36. The lowest BCUT2D eigenvalue weighted by molar-refractivity contribution is 0.482. The van der Waals surface area contributed by atoms with Crippen LogP contribution in [0.2, 0.25) is 10.0 Å². The van der Waals surface area contributed by atoms with Gasteiger partial charge in [-0.25, -0.2) is 0 Å². The van der Waals surface area contributed by atoms with Crippen molar-refractivity contribution < 1.29 is 4.74 Å². The van der Waals surface area contributed by atoms with E-state index in [9.17, 15) is 0 Å². The van der Waals surface area contributed by atoms with Crippen LogP contribution in [-0.2, 0) is 6.54 Å². The first kappa shape index (κ1) is 15.2. The monoisotopic (exact) mass is 385 g/mol. The summed E-state index contributed by atoms with van der Waals surface area (Å²) >= 11 is 15.5. The van der Waals surface area contributed by atoms with E-state index in [0.29, 0.717) is 21.8 Å². The molecule has 1 fully saturated rings. The molecular formula is C16H14BrCl2NO. The highest BCUT2D eigenvalue weighted by Gasteiger charge is 2.19. The molecule has 1 aliphatic carbocycles. The van der Waals surface area contributed by atoms with Crippen LogP contribution in [0.4, 0.5) is 0 Å². The number of rotatable bonds is 5. The van der Waals surface area contributed by atoms with Crippen LogP contribution in [0.1, 0.15) is 18.4 Å². The van der Waals surface area contributed by atoms with Gasteiger partial charge in [-0.3, -0.25) is 0 Å². The minimum Gasteiger partial charge on any atom is -0.456 e. The van der Waals surface area contributed by atoms with Gasteiger partial charge >= 0.3 is 0 Å². The summed E-state index contributed by atoms with van der Waals surface area (Å²) in [6.07, 6.45) is 2.59. The van der Waals surface area contributed by atoms with Gasteiger partial charge in [-0.2, -0.15) is 0 Å². The molecule has 5 heteroatoms. The summed E-state index contributed by atoms with van der Waals surface area (Å²) < 4.78 is 6.53. The Kier molecular flexibility index (Phi) is 4.75. The predicted molar refractivity (Wildman–Crippen MR) is 90.5 cm³/mol. The molecule has 0 radical (unpaired) electrons. The summed E-state index contributed by atoms with van der Waals surface area (Å²) in [5.74, 6) is 1.29. The van der Waals surface area contributed by atoms with Crippen LogP contribution in [0, 0.1) is 0 Å². The van der Waals surface area contributed by atoms with Crippen LogP contribution in [0.15, 0.2) is 40.9 Å². The van der Waals surface area contributed by atoms with Crippen molar-refractivity contribution in [2.45, 2.75) is 25.4 Å². The van der Waals surface area contributed by atoms with E-state index in [-0.39, 0.29) is 0 Å². The number of hydrogen-bond donors (Lipinski definition) is 1. The van der Waals surface area contributed by atoms with Crippen molar-refractivity contribution in [1.29, 1.82) is 0 Å². The SMILES string of the molecule is Clc1cc(Oc2ccc(CNC3CC3)cc2)c(Cl)cc1Br. The quantitative estimate of drug-likeness (QED) is 0.655. The second-order valence-electron chi connectivity index (χ2n) is 5.10. The Morgan fingerprint density at radius 1 is 1.10 bits per heavy atom. The molecule has 0 aromatic heterocycles. The van der Waals surface area contributed by atoms with E-state index >= 15 is 0 Å². The molecule has 2 aromatic rings. The lowest BCUT2D eigenvalue weighted by Gasteiger charge is -2.10. The average molecular weight is 387 g/mol. The van der Waals surface area contributed by atoms with Gasteiger partial charge in [0, 0.05) is 23.1 Å². The minimum absolute atomic E-state index is 0.519. The Balaban J connectivity index is 1.68. The van der Waals surface area contributed by atoms with Crippen LogP contribution in [-0.4, -0.2) is 6.04 Å². The lowest BCUT2D eigenvalue weighted by Crippen LogP contribution is -2.14. The van der Waals surface area contributed by atoms with E-state index < -0.39 is 0 Å². The van der Waals surface area contributed by atoms with Gasteiger partial charge in [0.15, 0.2) is 0 Å². The maximum atomic E-state index is 6.15. The average Bonchev–Trinajstić information content (AvgIpc) is 3.28. The molecule has 21 heavy (non-hydrogen) atoms. The summed E-state index contributed by atoms with van der Waals surface area (Å²) in [7, 11) is 0. The third-order valence-corrected chi connectivity index (χ3v) is 4.79. The summed E-state index contributed by atoms with van der Waals surface area (Å²) in [6.45, 7) is 0.899. The highest BCUT2D eigenvalue weighted by molar-refractivity contribution is 9.10. The minimum atomic E-state index is 0.519. The van der Waals surface area contributed by atoms with Gasteiger partial charge in [-0.15, -0.1) is 0 Å². The maximum Gasteiger partial charge on any atom is 0.147 e. The molecule has 2 aromatic carbocycles. The van der Waals surface area contributed by atoms with Gasteiger partial charge in [0.25, 0.3) is 0 Å². The summed E-state index contributed by atoms with van der Waals surface area (Å²) in [6, 6.07) is 12.1. The van der Waals surface area contributed by atoms with E-state index in [0.717, 1.165) is 16.8 Å². The van der Waals surface area contributed by atoms with Gasteiger partial charge in [0.2, 0.25) is 0 Å². The van der Waals surface area contributed by atoms with Crippen molar-refractivity contribution in [3.63, 3.8) is 0 Å². The lowest BCUT2D eigenvalue weighted by atomic mass is 10.2. The molecule has 1 aliphatic rings. The second kappa shape index (κ2) is 6.57. The van der Waals surface area contributed by atoms with Crippen LogP contribution in [0.3, 0.4) is 0 Å². The first-order chi connectivity index (χ1) is 10.1. The van der Waals surface area contributed by atoms with Crippen molar-refractivity contribution in [3.8, 4) is 11.5 Å². The number of halogens is 3. The van der Waals surface area contributed by atoms with Crippen LogP contribution >= 0.6 is 39.1 Å². The fourth-order valence-electron chi connectivity index (χ4n) is 1.93. The Morgan fingerprint density at radius 3 is 2.48 bits per heavy atom. The van der Waals surface area contributed by atoms with Crippen LogP contribution in [0.25, 0.3) is 0 Å². The molecule has 0 spiro atoms. The highest BCUT2D eigenvalue weighted by atomic mass is 79.9. The van der Waals surface area contributed by atoms with Crippen molar-refractivity contribution >= 4 is 39.1 Å². The van der Waals surface area contributed by atoms with E-state index in [1.165, 1.54) is 18.4 Å². The molecule has 0 amide bonds. The van der Waals surface area contributed by atoms with E-state index in [4.69, 9.17) is 27.9 Å². The van der Waals surface area contributed by atoms with Crippen molar-refractivity contribution in [2.24, 2.45) is 0 Å². The van der Waals surface area contributed by atoms with Gasteiger partial charge in [0.1, 0.15) is 11.5 Å². The summed E-state index contributed by atoms with van der Waals surface area (Å²) in [5.41, 5.74) is 1.24. The smallest absolute Gasteiger partial charge is 0.147 e. The normalized spacial score (nSPS) is 14.2. The van der Waals surface area contributed by atoms with E-state index in [1.54, 1.807) is 12.1 Å². The zero-order chi connectivity index (χ0) is 14.8. The van der Waals surface area contributed by atoms with Crippen LogP contribution < -0.4 is 10.1 Å². The predicted octanol–water partition coefficient (Wildman–Crippen LogP) is 5.80. The Hall–Kier alpha value is -0.740. The molecular weight excluding hydrogens is 373 g/mol. The molecule has 0 saturated heterocycles. The van der Waals surface area contributed by atoms with Gasteiger partial charge in [-0.05, 0) is 52.5 Å². The number of hydrogen-bond acceptors (Lipinski definition) is 2. The van der Waals surface area contributed by atoms with Gasteiger partial charge in [0.05, 0.1) is 10.0 Å². The molecule has 110 valence electrons. The van der Waals surface area contributed by atoms with Crippen molar-refractivity contribution in [2.75, 3.05) is 0 Å². The molecule has 0 bridgehead atoms. The Bertz CT molecular complexity index is 641. The molecule has 0 heterocycles. The van der Waals surface area contributed by atoms with E-state index in [2.05, 4.69) is 33.4 Å². The molecule has 1 N–H and O–H groups in total. The standard InChI is InChI=1S/C16H14BrCl2NO/c17-13-7-15(19)16(8-14(13)18)21-12-5-1-10(2-6-12)9-20-11-3-4-11/h1-2,5-8,11,20H,3-4,9H2.